The third-order valence-electron chi connectivity index (χ3n) is 3.95. The van der Waals surface area contributed by atoms with Crippen LogP contribution in [0.15, 0.2) is 18.2 Å². The van der Waals surface area contributed by atoms with Gasteiger partial charge in [0.15, 0.2) is 0 Å². The molecule has 0 unspecified atom stereocenters. The molecule has 1 amide bonds. The van der Waals surface area contributed by atoms with Gasteiger partial charge in [0.05, 0.1) is 22.3 Å². The summed E-state index contributed by atoms with van der Waals surface area (Å²) in [6.45, 7) is 1.16. The lowest BCUT2D eigenvalue weighted by Crippen LogP contribution is -2.29. The predicted molar refractivity (Wildman–Crippen MR) is 89.2 cm³/mol. The summed E-state index contributed by atoms with van der Waals surface area (Å²) in [6.07, 6.45) is 7.94. The Labute approximate surface area is 136 Å². The standard InChI is InChI=1S/C16H22Cl2N2O/c17-13-8-3-9-14(18)16(13)20-15(21)11-19-10-4-7-12-5-1-2-6-12/h3,8-9,12,19H,1-2,4-7,10-11H2,(H,20,21). The Kier molecular flexibility index (Phi) is 6.81. The smallest absolute Gasteiger partial charge is 0.238 e. The molecule has 0 saturated heterocycles. The largest absolute Gasteiger partial charge is 0.322 e. The molecule has 116 valence electrons. The van der Waals surface area contributed by atoms with Crippen molar-refractivity contribution in [1.29, 1.82) is 0 Å². The fourth-order valence-electron chi connectivity index (χ4n) is 2.82. The van der Waals surface area contributed by atoms with Crippen molar-refractivity contribution in [3.05, 3.63) is 28.2 Å². The zero-order chi connectivity index (χ0) is 15.1. The van der Waals surface area contributed by atoms with Crippen LogP contribution in [-0.2, 0) is 4.79 Å². The van der Waals surface area contributed by atoms with Gasteiger partial charge in [-0.3, -0.25) is 4.79 Å². The fraction of sp³-hybridized carbons (Fsp3) is 0.562. The van der Waals surface area contributed by atoms with Crippen LogP contribution in [0.25, 0.3) is 0 Å². The number of anilines is 1. The summed E-state index contributed by atoms with van der Waals surface area (Å²) >= 11 is 12.0. The molecule has 1 aliphatic carbocycles. The van der Waals surface area contributed by atoms with Crippen LogP contribution >= 0.6 is 23.2 Å². The van der Waals surface area contributed by atoms with Gasteiger partial charge in [-0.15, -0.1) is 0 Å². The van der Waals surface area contributed by atoms with E-state index < -0.39 is 0 Å². The zero-order valence-corrected chi connectivity index (χ0v) is 13.6. The molecule has 0 radical (unpaired) electrons. The number of hydrogen-bond acceptors (Lipinski definition) is 2. The van der Waals surface area contributed by atoms with Gasteiger partial charge >= 0.3 is 0 Å². The molecule has 1 saturated carbocycles. The predicted octanol–water partition coefficient (Wildman–Crippen LogP) is 4.49. The molecule has 1 aliphatic rings. The first-order valence-corrected chi connectivity index (χ1v) is 8.37. The molecule has 0 heterocycles. The lowest BCUT2D eigenvalue weighted by atomic mass is 10.0. The maximum atomic E-state index is 11.8. The molecule has 0 atom stereocenters. The second-order valence-corrected chi connectivity index (χ2v) is 6.43. The molecule has 21 heavy (non-hydrogen) atoms. The first-order chi connectivity index (χ1) is 10.2. The van der Waals surface area contributed by atoms with Gasteiger partial charge in [-0.05, 0) is 37.4 Å². The summed E-state index contributed by atoms with van der Waals surface area (Å²) in [4.78, 5) is 11.8. The molecule has 2 N–H and O–H groups in total. The molecule has 0 aliphatic heterocycles. The van der Waals surface area contributed by atoms with Gasteiger partial charge < -0.3 is 10.6 Å². The Morgan fingerprint density at radius 1 is 1.19 bits per heavy atom. The monoisotopic (exact) mass is 328 g/mol. The van der Waals surface area contributed by atoms with E-state index in [0.717, 1.165) is 18.9 Å². The van der Waals surface area contributed by atoms with Crippen molar-refractivity contribution in [3.63, 3.8) is 0 Å². The van der Waals surface area contributed by atoms with Gasteiger partial charge in [-0.25, -0.2) is 0 Å². The van der Waals surface area contributed by atoms with E-state index >= 15 is 0 Å². The summed E-state index contributed by atoms with van der Waals surface area (Å²) in [5.74, 6) is 0.786. The van der Waals surface area contributed by atoms with Gasteiger partial charge in [0.1, 0.15) is 0 Å². The van der Waals surface area contributed by atoms with Crippen LogP contribution in [0.3, 0.4) is 0 Å². The van der Waals surface area contributed by atoms with Crippen LogP contribution in [0.1, 0.15) is 38.5 Å². The van der Waals surface area contributed by atoms with E-state index in [0.29, 0.717) is 15.7 Å². The summed E-state index contributed by atoms with van der Waals surface area (Å²) in [5, 5.41) is 6.83. The number of amides is 1. The molecular formula is C16H22Cl2N2O. The molecule has 0 aromatic heterocycles. The van der Waals surface area contributed by atoms with Crippen LogP contribution in [0.4, 0.5) is 5.69 Å². The minimum atomic E-state index is -0.120. The average molecular weight is 329 g/mol. The second kappa shape index (κ2) is 8.62. The van der Waals surface area contributed by atoms with E-state index in [1.807, 2.05) is 0 Å². The van der Waals surface area contributed by atoms with Crippen LogP contribution in [-0.4, -0.2) is 19.0 Å². The number of halogens is 2. The minimum absolute atomic E-state index is 0.120. The Morgan fingerprint density at radius 3 is 2.52 bits per heavy atom. The van der Waals surface area contributed by atoms with E-state index in [1.165, 1.54) is 32.1 Å². The van der Waals surface area contributed by atoms with Crippen molar-refractivity contribution in [2.24, 2.45) is 5.92 Å². The van der Waals surface area contributed by atoms with Gasteiger partial charge in [0.2, 0.25) is 5.91 Å². The van der Waals surface area contributed by atoms with Crippen molar-refractivity contribution >= 4 is 34.8 Å². The van der Waals surface area contributed by atoms with Gasteiger partial charge in [-0.2, -0.15) is 0 Å². The van der Waals surface area contributed by atoms with Crippen LogP contribution in [0, 0.1) is 5.92 Å². The van der Waals surface area contributed by atoms with Gasteiger partial charge in [0.25, 0.3) is 0 Å². The number of carbonyl (C=O) groups excluding carboxylic acids is 1. The van der Waals surface area contributed by atoms with Crippen LogP contribution in [0.5, 0.6) is 0 Å². The van der Waals surface area contributed by atoms with Crippen molar-refractivity contribution in [2.75, 3.05) is 18.4 Å². The molecule has 2 rings (SSSR count). The van der Waals surface area contributed by atoms with Crippen molar-refractivity contribution in [2.45, 2.75) is 38.5 Å². The molecule has 3 nitrogen and oxygen atoms in total. The molecule has 1 fully saturated rings. The van der Waals surface area contributed by atoms with Crippen molar-refractivity contribution in [3.8, 4) is 0 Å². The van der Waals surface area contributed by atoms with E-state index in [4.69, 9.17) is 23.2 Å². The molecule has 0 spiro atoms. The molecule has 1 aromatic rings. The normalized spacial score (nSPS) is 15.3. The molecule has 1 aromatic carbocycles. The molecule has 0 bridgehead atoms. The molecule has 5 heteroatoms. The topological polar surface area (TPSA) is 41.1 Å². The number of benzene rings is 1. The highest BCUT2D eigenvalue weighted by molar-refractivity contribution is 6.39. The van der Waals surface area contributed by atoms with E-state index in [-0.39, 0.29) is 12.5 Å². The summed E-state index contributed by atoms with van der Waals surface area (Å²) in [5.41, 5.74) is 0.485. The molecular weight excluding hydrogens is 307 g/mol. The van der Waals surface area contributed by atoms with E-state index in [9.17, 15) is 4.79 Å². The van der Waals surface area contributed by atoms with Crippen molar-refractivity contribution < 1.29 is 4.79 Å². The summed E-state index contributed by atoms with van der Waals surface area (Å²) in [6, 6.07) is 5.16. The maximum Gasteiger partial charge on any atom is 0.238 e. The maximum absolute atomic E-state index is 11.8. The minimum Gasteiger partial charge on any atom is -0.322 e. The van der Waals surface area contributed by atoms with Gasteiger partial charge in [-0.1, -0.05) is 55.0 Å². The number of hydrogen-bond donors (Lipinski definition) is 2. The Bertz CT molecular complexity index is 453. The van der Waals surface area contributed by atoms with Crippen LogP contribution < -0.4 is 10.6 Å². The first-order valence-electron chi connectivity index (χ1n) is 7.61. The fourth-order valence-corrected chi connectivity index (χ4v) is 3.31. The highest BCUT2D eigenvalue weighted by atomic mass is 35.5. The summed E-state index contributed by atoms with van der Waals surface area (Å²) < 4.78 is 0. The van der Waals surface area contributed by atoms with Crippen molar-refractivity contribution in [1.82, 2.24) is 5.32 Å². The highest BCUT2D eigenvalue weighted by Gasteiger charge is 2.14. The summed E-state index contributed by atoms with van der Waals surface area (Å²) in [7, 11) is 0. The second-order valence-electron chi connectivity index (χ2n) is 5.61. The number of rotatable bonds is 7. The number of para-hydroxylation sites is 1. The third kappa shape index (κ3) is 5.50. The highest BCUT2D eigenvalue weighted by Crippen LogP contribution is 2.29. The quantitative estimate of drug-likeness (QED) is 0.724. The average Bonchev–Trinajstić information content (AvgIpc) is 2.96. The van der Waals surface area contributed by atoms with Crippen LogP contribution in [0.2, 0.25) is 10.0 Å². The number of carbonyl (C=O) groups is 1. The zero-order valence-electron chi connectivity index (χ0n) is 12.1. The van der Waals surface area contributed by atoms with Gasteiger partial charge in [0, 0.05) is 0 Å². The third-order valence-corrected chi connectivity index (χ3v) is 4.58. The van der Waals surface area contributed by atoms with E-state index in [1.54, 1.807) is 18.2 Å². The lowest BCUT2D eigenvalue weighted by Gasteiger charge is -2.11. The SMILES string of the molecule is O=C(CNCCCC1CCCC1)Nc1c(Cl)cccc1Cl. The lowest BCUT2D eigenvalue weighted by molar-refractivity contribution is -0.115. The van der Waals surface area contributed by atoms with E-state index in [2.05, 4.69) is 10.6 Å². The Balaban J connectivity index is 1.63. The first kappa shape index (κ1) is 16.6. The Hall–Kier alpha value is -0.770. The number of nitrogens with one attached hydrogen (secondary N) is 2. The Morgan fingerprint density at radius 2 is 1.86 bits per heavy atom.